The molecule has 2 aromatic carbocycles. The van der Waals surface area contributed by atoms with Gasteiger partial charge in [-0.1, -0.05) is 57.5 Å². The lowest BCUT2D eigenvalue weighted by atomic mass is 10.1. The van der Waals surface area contributed by atoms with E-state index in [4.69, 9.17) is 4.98 Å². The normalized spacial score (nSPS) is 12.5. The van der Waals surface area contributed by atoms with Crippen LogP contribution in [-0.2, 0) is 4.79 Å². The van der Waals surface area contributed by atoms with Crippen molar-refractivity contribution in [3.63, 3.8) is 0 Å². The van der Waals surface area contributed by atoms with Crippen LogP contribution in [0.3, 0.4) is 0 Å². The monoisotopic (exact) mass is 433 g/mol. The van der Waals surface area contributed by atoms with E-state index in [2.05, 4.69) is 19.9 Å². The molecule has 1 amide bonds. The number of aryl methyl sites for hydroxylation is 2. The maximum absolute atomic E-state index is 13.7. The highest BCUT2D eigenvalue weighted by Gasteiger charge is 2.28. The first-order valence-corrected chi connectivity index (χ1v) is 11.5. The third-order valence-electron chi connectivity index (χ3n) is 5.96. The molecule has 0 saturated heterocycles. The molecular weight excluding hydrogens is 398 g/mol. The maximum atomic E-state index is 13.7. The number of benzene rings is 2. The number of hydrogen-bond acceptors (Lipinski definition) is 3. The van der Waals surface area contributed by atoms with Crippen LogP contribution >= 0.6 is 0 Å². The van der Waals surface area contributed by atoms with E-state index in [-0.39, 0.29) is 23.4 Å². The number of carbonyl (C=O) groups excluding carboxylic acids is 1. The first-order chi connectivity index (χ1) is 15.1. The molecule has 0 fully saturated rings. The Labute approximate surface area is 191 Å². The highest BCUT2D eigenvalue weighted by molar-refractivity contribution is 5.80. The Morgan fingerprint density at radius 1 is 1.03 bits per heavy atom. The summed E-state index contributed by atoms with van der Waals surface area (Å²) in [5.41, 5.74) is 3.49. The van der Waals surface area contributed by atoms with E-state index >= 15 is 0 Å². The molecule has 1 aromatic heterocycles. The molecule has 0 N–H and O–H groups in total. The van der Waals surface area contributed by atoms with E-state index in [1.807, 2.05) is 75.9 Å². The summed E-state index contributed by atoms with van der Waals surface area (Å²) in [6.07, 6.45) is 0.893. The average molecular weight is 434 g/mol. The minimum atomic E-state index is -0.346. The topological polar surface area (TPSA) is 55.2 Å². The van der Waals surface area contributed by atoms with E-state index in [1.165, 1.54) is 0 Å². The molecule has 0 aliphatic heterocycles. The lowest BCUT2D eigenvalue weighted by Gasteiger charge is -2.32. The second-order valence-electron chi connectivity index (χ2n) is 9.46. The molecule has 0 radical (unpaired) electrons. The zero-order valence-electron chi connectivity index (χ0n) is 20.3. The Morgan fingerprint density at radius 3 is 2.34 bits per heavy atom. The van der Waals surface area contributed by atoms with Gasteiger partial charge in [0.2, 0.25) is 5.91 Å². The Kier molecular flexibility index (Phi) is 7.17. The summed E-state index contributed by atoms with van der Waals surface area (Å²) in [4.78, 5) is 33.7. The third kappa shape index (κ3) is 4.77. The molecule has 1 atom stereocenters. The van der Waals surface area contributed by atoms with Crippen LogP contribution in [0.15, 0.2) is 47.3 Å². The van der Waals surface area contributed by atoms with Crippen molar-refractivity contribution >= 4 is 16.8 Å². The molecule has 0 aliphatic rings. The smallest absolute Gasteiger partial charge is 0.266 e. The van der Waals surface area contributed by atoms with Crippen LogP contribution in [0.4, 0.5) is 0 Å². The van der Waals surface area contributed by atoms with Crippen LogP contribution < -0.4 is 5.56 Å². The second kappa shape index (κ2) is 9.68. The maximum Gasteiger partial charge on any atom is 0.266 e. The van der Waals surface area contributed by atoms with Crippen LogP contribution in [0.25, 0.3) is 16.6 Å². The van der Waals surface area contributed by atoms with Gasteiger partial charge in [-0.25, -0.2) is 4.98 Å². The van der Waals surface area contributed by atoms with Gasteiger partial charge in [-0.05, 0) is 56.9 Å². The summed E-state index contributed by atoms with van der Waals surface area (Å²) in [5.74, 6) is 1.01. The Bertz CT molecular complexity index is 1180. The zero-order chi connectivity index (χ0) is 23.6. The molecule has 1 heterocycles. The molecule has 0 aliphatic carbocycles. The SMILES string of the molecule is Cc1ccc(-n2c([C@@H](C)N(CCC(C)C)C(=O)C(C)C)nc3ccccc3c2=O)c(C)c1. The molecule has 32 heavy (non-hydrogen) atoms. The average Bonchev–Trinajstić information content (AvgIpc) is 2.74. The minimum Gasteiger partial charge on any atom is -0.333 e. The standard InChI is InChI=1S/C27H35N3O2/c1-17(2)14-15-29(26(31)18(3)4)21(7)25-28-23-11-9-8-10-22(23)27(32)30(25)24-13-12-19(5)16-20(24)6/h8-13,16-18,21H,14-15H2,1-7H3/t21-/m1/s1. The van der Waals surface area contributed by atoms with Gasteiger partial charge in [0.15, 0.2) is 0 Å². The fraction of sp³-hybridized carbons (Fsp3) is 0.444. The number of nitrogens with zero attached hydrogens (tertiary/aromatic N) is 3. The number of rotatable bonds is 7. The summed E-state index contributed by atoms with van der Waals surface area (Å²) in [6, 6.07) is 13.1. The predicted molar refractivity (Wildman–Crippen MR) is 131 cm³/mol. The Morgan fingerprint density at radius 2 is 1.72 bits per heavy atom. The largest absolute Gasteiger partial charge is 0.333 e. The van der Waals surface area contributed by atoms with Gasteiger partial charge in [0, 0.05) is 12.5 Å². The van der Waals surface area contributed by atoms with Crippen LogP contribution in [0.1, 0.15) is 64.0 Å². The predicted octanol–water partition coefficient (Wildman–Crippen LogP) is 5.59. The molecule has 5 nitrogen and oxygen atoms in total. The summed E-state index contributed by atoms with van der Waals surface area (Å²) in [5, 5.41) is 0.576. The van der Waals surface area contributed by atoms with Gasteiger partial charge in [0.25, 0.3) is 5.56 Å². The van der Waals surface area contributed by atoms with Gasteiger partial charge in [0.05, 0.1) is 22.6 Å². The Balaban J connectivity index is 2.27. The van der Waals surface area contributed by atoms with Crippen molar-refractivity contribution in [1.82, 2.24) is 14.5 Å². The Hall–Kier alpha value is -2.95. The van der Waals surface area contributed by atoms with Crippen molar-refractivity contribution in [2.75, 3.05) is 6.54 Å². The first-order valence-electron chi connectivity index (χ1n) is 11.5. The lowest BCUT2D eigenvalue weighted by molar-refractivity contribution is -0.137. The van der Waals surface area contributed by atoms with E-state index in [9.17, 15) is 9.59 Å². The van der Waals surface area contributed by atoms with Crippen LogP contribution in [0.2, 0.25) is 0 Å². The molecule has 5 heteroatoms. The number of aromatic nitrogens is 2. The van der Waals surface area contributed by atoms with Crippen molar-refractivity contribution in [1.29, 1.82) is 0 Å². The lowest BCUT2D eigenvalue weighted by Crippen LogP contribution is -2.40. The third-order valence-corrected chi connectivity index (χ3v) is 5.96. The zero-order valence-corrected chi connectivity index (χ0v) is 20.3. The summed E-state index contributed by atoms with van der Waals surface area (Å²) >= 11 is 0. The molecule has 0 unspecified atom stereocenters. The van der Waals surface area contributed by atoms with E-state index < -0.39 is 0 Å². The van der Waals surface area contributed by atoms with Crippen molar-refractivity contribution in [2.24, 2.45) is 11.8 Å². The second-order valence-corrected chi connectivity index (χ2v) is 9.46. The molecule has 170 valence electrons. The van der Waals surface area contributed by atoms with Gasteiger partial charge in [-0.2, -0.15) is 0 Å². The van der Waals surface area contributed by atoms with E-state index in [1.54, 1.807) is 4.57 Å². The van der Waals surface area contributed by atoms with Gasteiger partial charge >= 0.3 is 0 Å². The fourth-order valence-electron chi connectivity index (χ4n) is 4.08. The summed E-state index contributed by atoms with van der Waals surface area (Å²) in [7, 11) is 0. The molecule has 0 saturated carbocycles. The minimum absolute atomic E-state index is 0.0766. The number of carbonyl (C=O) groups is 1. The van der Waals surface area contributed by atoms with Crippen molar-refractivity contribution < 1.29 is 4.79 Å². The number of para-hydroxylation sites is 1. The van der Waals surface area contributed by atoms with Crippen molar-refractivity contribution in [3.05, 3.63) is 69.8 Å². The van der Waals surface area contributed by atoms with Gasteiger partial charge < -0.3 is 4.90 Å². The van der Waals surface area contributed by atoms with Gasteiger partial charge in [-0.15, -0.1) is 0 Å². The van der Waals surface area contributed by atoms with E-state index in [0.29, 0.717) is 29.2 Å². The molecule has 3 rings (SSSR count). The number of fused-ring (bicyclic) bond motifs is 1. The first kappa shape index (κ1) is 23.7. The molecule has 0 spiro atoms. The van der Waals surface area contributed by atoms with Crippen LogP contribution in [0.5, 0.6) is 0 Å². The highest BCUT2D eigenvalue weighted by atomic mass is 16.2. The van der Waals surface area contributed by atoms with E-state index in [0.717, 1.165) is 23.2 Å². The number of amides is 1. The molecule has 3 aromatic rings. The number of hydrogen-bond donors (Lipinski definition) is 0. The van der Waals surface area contributed by atoms with Gasteiger partial charge in [0.1, 0.15) is 5.82 Å². The van der Waals surface area contributed by atoms with Crippen LogP contribution in [-0.4, -0.2) is 26.9 Å². The summed E-state index contributed by atoms with van der Waals surface area (Å²) in [6.45, 7) is 14.8. The van der Waals surface area contributed by atoms with Gasteiger partial charge in [-0.3, -0.25) is 14.2 Å². The fourth-order valence-corrected chi connectivity index (χ4v) is 4.08. The van der Waals surface area contributed by atoms with Crippen molar-refractivity contribution in [2.45, 2.75) is 60.9 Å². The summed E-state index contributed by atoms with van der Waals surface area (Å²) < 4.78 is 1.71. The molecular formula is C27H35N3O2. The molecule has 0 bridgehead atoms. The quantitative estimate of drug-likeness (QED) is 0.488. The highest BCUT2D eigenvalue weighted by Crippen LogP contribution is 2.26. The van der Waals surface area contributed by atoms with Crippen LogP contribution in [0, 0.1) is 25.7 Å². The van der Waals surface area contributed by atoms with Crippen molar-refractivity contribution in [3.8, 4) is 5.69 Å².